The van der Waals surface area contributed by atoms with Crippen molar-refractivity contribution >= 4 is 5.91 Å². The molecule has 6 heteroatoms. The Hall–Kier alpha value is -2.57. The zero-order valence-electron chi connectivity index (χ0n) is 14.6. The van der Waals surface area contributed by atoms with Crippen molar-refractivity contribution in [2.45, 2.75) is 31.5 Å². The van der Waals surface area contributed by atoms with Gasteiger partial charge in [-0.05, 0) is 30.2 Å². The van der Waals surface area contributed by atoms with Gasteiger partial charge >= 0.3 is 0 Å². The maximum atomic E-state index is 13.0. The number of carbonyl (C=O) groups excluding carboxylic acids is 1. The second-order valence-electron chi connectivity index (χ2n) is 6.95. The van der Waals surface area contributed by atoms with Gasteiger partial charge < -0.3 is 15.1 Å². The lowest BCUT2D eigenvalue weighted by atomic mass is 9.83. The molecule has 136 valence electrons. The maximum absolute atomic E-state index is 13.0. The van der Waals surface area contributed by atoms with Gasteiger partial charge in [0, 0.05) is 18.0 Å². The van der Waals surface area contributed by atoms with Gasteiger partial charge in [0.2, 0.25) is 5.91 Å². The van der Waals surface area contributed by atoms with E-state index in [-0.39, 0.29) is 41.4 Å². The molecule has 0 aliphatic carbocycles. The largest absolute Gasteiger partial charge is 0.508 e. The Morgan fingerprint density at radius 1 is 1.04 bits per heavy atom. The van der Waals surface area contributed by atoms with Crippen LogP contribution in [0.15, 0.2) is 48.5 Å². The number of phenols is 2. The fourth-order valence-corrected chi connectivity index (χ4v) is 4.32. The number of rotatable bonds is 4. The number of nitrogens with zero attached hydrogens (tertiary/aromatic N) is 1. The molecule has 4 rings (SSSR count). The molecule has 2 heterocycles. The predicted molar refractivity (Wildman–Crippen MR) is 97.2 cm³/mol. The molecule has 4 unspecified atom stereocenters. The molecule has 0 bridgehead atoms. The van der Waals surface area contributed by atoms with E-state index in [1.54, 1.807) is 30.3 Å². The Bertz CT molecular complexity index is 825. The van der Waals surface area contributed by atoms with Crippen molar-refractivity contribution in [3.8, 4) is 11.5 Å². The van der Waals surface area contributed by atoms with Crippen molar-refractivity contribution in [1.82, 2.24) is 15.8 Å². The quantitative estimate of drug-likeness (QED) is 0.677. The zero-order chi connectivity index (χ0) is 18.3. The summed E-state index contributed by atoms with van der Waals surface area (Å²) >= 11 is 0. The van der Waals surface area contributed by atoms with E-state index in [4.69, 9.17) is 0 Å². The monoisotopic (exact) mass is 353 g/mol. The Morgan fingerprint density at radius 3 is 2.54 bits per heavy atom. The van der Waals surface area contributed by atoms with E-state index in [2.05, 4.69) is 10.9 Å². The topological polar surface area (TPSA) is 84.8 Å². The molecule has 2 fully saturated rings. The summed E-state index contributed by atoms with van der Waals surface area (Å²) in [6, 6.07) is 13.6. The molecule has 0 saturated carbocycles. The highest BCUT2D eigenvalue weighted by Gasteiger charge is 2.55. The lowest BCUT2D eigenvalue weighted by Gasteiger charge is -2.31. The number of nitrogens with one attached hydrogen (secondary N) is 2. The smallest absolute Gasteiger partial charge is 0.242 e. The van der Waals surface area contributed by atoms with Gasteiger partial charge in [-0.15, -0.1) is 0 Å². The van der Waals surface area contributed by atoms with E-state index >= 15 is 0 Å². The summed E-state index contributed by atoms with van der Waals surface area (Å²) in [5.41, 5.74) is 8.01. The number of hydrogen-bond donors (Lipinski definition) is 4. The van der Waals surface area contributed by atoms with E-state index < -0.39 is 0 Å². The molecule has 0 spiro atoms. The number of phenolic OH excluding ortho intramolecular Hbond substituents is 2. The van der Waals surface area contributed by atoms with Crippen LogP contribution in [0.1, 0.15) is 36.6 Å². The van der Waals surface area contributed by atoms with Gasteiger partial charge in [0.25, 0.3) is 0 Å². The van der Waals surface area contributed by atoms with E-state index in [1.807, 2.05) is 30.0 Å². The van der Waals surface area contributed by atoms with Crippen LogP contribution in [-0.4, -0.2) is 33.6 Å². The molecule has 0 aromatic heterocycles. The van der Waals surface area contributed by atoms with Gasteiger partial charge in [-0.2, -0.15) is 0 Å². The fraction of sp³-hybridized carbons (Fsp3) is 0.350. The standard InChI is InChI=1S/C20H23N3O3/c1-2-10-23-19(12-6-5-7-13(24)11-12)16-17(21-22-18(16)20(23)26)14-8-3-4-9-15(14)25/h3-9,11,16-19,21-22,24-25H,2,10H2,1H3. The van der Waals surface area contributed by atoms with E-state index in [0.717, 1.165) is 17.5 Å². The number of likely N-dealkylation sites (tertiary alicyclic amines) is 1. The van der Waals surface area contributed by atoms with Gasteiger partial charge in [0.05, 0.1) is 12.1 Å². The number of para-hydroxylation sites is 1. The van der Waals surface area contributed by atoms with Crippen LogP contribution in [-0.2, 0) is 4.79 Å². The molecule has 6 nitrogen and oxygen atoms in total. The van der Waals surface area contributed by atoms with Gasteiger partial charge in [0.15, 0.2) is 0 Å². The minimum Gasteiger partial charge on any atom is -0.508 e. The lowest BCUT2D eigenvalue weighted by molar-refractivity contribution is -0.130. The average molecular weight is 353 g/mol. The summed E-state index contributed by atoms with van der Waals surface area (Å²) in [7, 11) is 0. The summed E-state index contributed by atoms with van der Waals surface area (Å²) < 4.78 is 0. The summed E-state index contributed by atoms with van der Waals surface area (Å²) in [5, 5.41) is 20.3. The Labute approximate surface area is 152 Å². The molecular weight excluding hydrogens is 330 g/mol. The van der Waals surface area contributed by atoms with Gasteiger partial charge in [-0.25, -0.2) is 10.9 Å². The highest BCUT2D eigenvalue weighted by molar-refractivity contribution is 5.86. The molecule has 2 aliphatic rings. The number of benzene rings is 2. The molecule has 0 radical (unpaired) electrons. The third-order valence-electron chi connectivity index (χ3n) is 5.36. The number of hydrazine groups is 1. The molecule has 26 heavy (non-hydrogen) atoms. The highest BCUT2D eigenvalue weighted by Crippen LogP contribution is 2.48. The average Bonchev–Trinajstić information content (AvgIpc) is 3.16. The van der Waals surface area contributed by atoms with Crippen molar-refractivity contribution in [1.29, 1.82) is 0 Å². The first-order valence-electron chi connectivity index (χ1n) is 9.00. The van der Waals surface area contributed by atoms with Crippen molar-refractivity contribution in [2.24, 2.45) is 5.92 Å². The van der Waals surface area contributed by atoms with Crippen LogP contribution < -0.4 is 10.9 Å². The minimum atomic E-state index is -0.362. The molecule has 2 saturated heterocycles. The number of amides is 1. The highest BCUT2D eigenvalue weighted by atomic mass is 16.3. The van der Waals surface area contributed by atoms with E-state index in [1.165, 1.54) is 0 Å². The minimum absolute atomic E-state index is 0.0515. The number of fused-ring (bicyclic) bond motifs is 1. The van der Waals surface area contributed by atoms with Crippen LogP contribution in [0.4, 0.5) is 0 Å². The molecule has 2 aliphatic heterocycles. The Balaban J connectivity index is 1.79. The third-order valence-corrected chi connectivity index (χ3v) is 5.36. The molecule has 2 aromatic rings. The van der Waals surface area contributed by atoms with Crippen LogP contribution in [0.3, 0.4) is 0 Å². The van der Waals surface area contributed by atoms with Gasteiger partial charge in [-0.1, -0.05) is 37.3 Å². The van der Waals surface area contributed by atoms with Crippen molar-refractivity contribution in [3.05, 3.63) is 59.7 Å². The molecule has 1 amide bonds. The van der Waals surface area contributed by atoms with E-state index in [9.17, 15) is 15.0 Å². The van der Waals surface area contributed by atoms with Crippen LogP contribution in [0, 0.1) is 5.92 Å². The van der Waals surface area contributed by atoms with Crippen LogP contribution >= 0.6 is 0 Å². The SMILES string of the molecule is CCCN1C(=O)C2NNC(c3ccccc3O)C2C1c1cccc(O)c1. The molecular formula is C20H23N3O3. The Morgan fingerprint density at radius 2 is 1.81 bits per heavy atom. The lowest BCUT2D eigenvalue weighted by Crippen LogP contribution is -2.41. The van der Waals surface area contributed by atoms with Gasteiger partial charge in [-0.3, -0.25) is 4.79 Å². The van der Waals surface area contributed by atoms with Crippen LogP contribution in [0.5, 0.6) is 11.5 Å². The fourth-order valence-electron chi connectivity index (χ4n) is 4.32. The van der Waals surface area contributed by atoms with Crippen molar-refractivity contribution < 1.29 is 15.0 Å². The summed E-state index contributed by atoms with van der Waals surface area (Å²) in [4.78, 5) is 14.9. The first-order chi connectivity index (χ1) is 12.6. The second-order valence-corrected chi connectivity index (χ2v) is 6.95. The van der Waals surface area contributed by atoms with Crippen molar-refractivity contribution in [3.63, 3.8) is 0 Å². The number of hydrogen-bond acceptors (Lipinski definition) is 5. The van der Waals surface area contributed by atoms with Gasteiger partial charge in [0.1, 0.15) is 17.5 Å². The second kappa shape index (κ2) is 6.63. The molecule has 4 atom stereocenters. The summed E-state index contributed by atoms with van der Waals surface area (Å²) in [6.45, 7) is 2.70. The first-order valence-corrected chi connectivity index (χ1v) is 9.00. The normalized spacial score (nSPS) is 27.7. The maximum Gasteiger partial charge on any atom is 0.242 e. The number of carbonyl (C=O) groups is 1. The third kappa shape index (κ3) is 2.62. The first kappa shape index (κ1) is 16.9. The van der Waals surface area contributed by atoms with E-state index in [0.29, 0.717) is 6.54 Å². The summed E-state index contributed by atoms with van der Waals surface area (Å²) in [5.74, 6) is 0.358. The predicted octanol–water partition coefficient (Wildman–Crippen LogP) is 2.22. The zero-order valence-corrected chi connectivity index (χ0v) is 14.6. The number of aromatic hydroxyl groups is 2. The molecule has 4 N–H and O–H groups in total. The Kier molecular flexibility index (Phi) is 4.30. The van der Waals surface area contributed by atoms with Crippen LogP contribution in [0.2, 0.25) is 0 Å². The molecule has 2 aromatic carbocycles. The van der Waals surface area contributed by atoms with Crippen LogP contribution in [0.25, 0.3) is 0 Å². The van der Waals surface area contributed by atoms with Crippen molar-refractivity contribution in [2.75, 3.05) is 6.54 Å². The summed E-state index contributed by atoms with van der Waals surface area (Å²) in [6.07, 6.45) is 0.856.